The van der Waals surface area contributed by atoms with E-state index in [2.05, 4.69) is 5.32 Å². The van der Waals surface area contributed by atoms with Gasteiger partial charge in [-0.2, -0.15) is 0 Å². The highest BCUT2D eigenvalue weighted by Gasteiger charge is 2.19. The number of anilines is 1. The van der Waals surface area contributed by atoms with Gasteiger partial charge >= 0.3 is 0 Å². The van der Waals surface area contributed by atoms with E-state index in [1.54, 1.807) is 30.3 Å². The van der Waals surface area contributed by atoms with Crippen LogP contribution in [0.4, 0.5) is 10.1 Å². The lowest BCUT2D eigenvalue weighted by Crippen LogP contribution is -2.35. The van der Waals surface area contributed by atoms with Crippen molar-refractivity contribution in [3.8, 4) is 0 Å². The summed E-state index contributed by atoms with van der Waals surface area (Å²) in [5.41, 5.74) is 1.26. The van der Waals surface area contributed by atoms with Gasteiger partial charge in [0.05, 0.1) is 0 Å². The molecule has 1 aliphatic heterocycles. The van der Waals surface area contributed by atoms with Gasteiger partial charge in [-0.15, -0.1) is 0 Å². The van der Waals surface area contributed by atoms with Gasteiger partial charge < -0.3 is 10.2 Å². The van der Waals surface area contributed by atoms with E-state index in [9.17, 15) is 14.0 Å². The highest BCUT2D eigenvalue weighted by Crippen LogP contribution is 2.16. The van der Waals surface area contributed by atoms with E-state index in [1.165, 1.54) is 18.2 Å². The Kier molecular flexibility index (Phi) is 4.89. The van der Waals surface area contributed by atoms with Crippen LogP contribution in [0.15, 0.2) is 48.5 Å². The molecule has 2 aromatic rings. The highest BCUT2D eigenvalue weighted by molar-refractivity contribution is 6.06. The van der Waals surface area contributed by atoms with Crippen molar-refractivity contribution < 1.29 is 14.0 Å². The molecular weight excluding hydrogens is 307 g/mol. The zero-order valence-electron chi connectivity index (χ0n) is 13.3. The van der Waals surface area contributed by atoms with Crippen molar-refractivity contribution in [2.24, 2.45) is 0 Å². The summed E-state index contributed by atoms with van der Waals surface area (Å²) in [5.74, 6) is -0.828. The number of piperidine rings is 1. The van der Waals surface area contributed by atoms with E-state index in [0.717, 1.165) is 32.4 Å². The van der Waals surface area contributed by atoms with E-state index >= 15 is 0 Å². The number of nitrogens with zero attached hydrogens (tertiary/aromatic N) is 1. The highest BCUT2D eigenvalue weighted by atomic mass is 19.1. The summed E-state index contributed by atoms with van der Waals surface area (Å²) in [5, 5.41) is 2.64. The van der Waals surface area contributed by atoms with Crippen molar-refractivity contribution in [3.63, 3.8) is 0 Å². The standard InChI is InChI=1S/C19H19FN2O2/c20-16-8-5-9-17(13-16)21-18(23)14-6-4-7-15(12-14)19(24)22-10-2-1-3-11-22/h4-9,12-13H,1-3,10-11H2,(H,21,23). The van der Waals surface area contributed by atoms with E-state index < -0.39 is 5.82 Å². The predicted octanol–water partition coefficient (Wildman–Crippen LogP) is 3.70. The zero-order chi connectivity index (χ0) is 16.9. The van der Waals surface area contributed by atoms with Crippen LogP contribution in [0.25, 0.3) is 0 Å². The topological polar surface area (TPSA) is 49.4 Å². The molecule has 0 spiro atoms. The SMILES string of the molecule is O=C(Nc1cccc(F)c1)c1cccc(C(=O)N2CCCCC2)c1. The van der Waals surface area contributed by atoms with Crippen LogP contribution in [0.1, 0.15) is 40.0 Å². The van der Waals surface area contributed by atoms with Crippen molar-refractivity contribution >= 4 is 17.5 Å². The van der Waals surface area contributed by atoms with Crippen molar-refractivity contribution in [1.82, 2.24) is 4.90 Å². The number of amides is 2. The summed E-state index contributed by atoms with van der Waals surface area (Å²) in [6.45, 7) is 1.52. The van der Waals surface area contributed by atoms with Gasteiger partial charge in [-0.25, -0.2) is 4.39 Å². The molecule has 1 N–H and O–H groups in total. The van der Waals surface area contributed by atoms with Crippen molar-refractivity contribution in [2.45, 2.75) is 19.3 Å². The molecule has 2 amide bonds. The molecule has 1 fully saturated rings. The molecular formula is C19H19FN2O2. The van der Waals surface area contributed by atoms with Crippen LogP contribution in [0.2, 0.25) is 0 Å². The minimum atomic E-state index is -0.415. The third kappa shape index (κ3) is 3.79. The molecule has 24 heavy (non-hydrogen) atoms. The first kappa shape index (κ1) is 16.2. The molecule has 0 aliphatic carbocycles. The molecule has 0 radical (unpaired) electrons. The predicted molar refractivity (Wildman–Crippen MR) is 90.5 cm³/mol. The van der Waals surface area contributed by atoms with Crippen LogP contribution >= 0.6 is 0 Å². The van der Waals surface area contributed by atoms with Gasteiger partial charge in [0.15, 0.2) is 0 Å². The van der Waals surface area contributed by atoms with Gasteiger partial charge in [-0.3, -0.25) is 9.59 Å². The van der Waals surface area contributed by atoms with Crippen LogP contribution in [-0.2, 0) is 0 Å². The van der Waals surface area contributed by atoms with Gasteiger partial charge in [-0.05, 0) is 55.7 Å². The lowest BCUT2D eigenvalue weighted by molar-refractivity contribution is 0.0724. The molecule has 0 atom stereocenters. The minimum absolute atomic E-state index is 0.0462. The van der Waals surface area contributed by atoms with Crippen LogP contribution in [0.3, 0.4) is 0 Å². The number of halogens is 1. The fraction of sp³-hybridized carbons (Fsp3) is 0.263. The Hall–Kier alpha value is -2.69. The Labute approximate surface area is 140 Å². The molecule has 124 valence electrons. The van der Waals surface area contributed by atoms with E-state index in [-0.39, 0.29) is 11.8 Å². The molecule has 3 rings (SSSR count). The maximum Gasteiger partial charge on any atom is 0.255 e. The molecule has 1 heterocycles. The summed E-state index contributed by atoms with van der Waals surface area (Å²) >= 11 is 0. The number of carbonyl (C=O) groups is 2. The van der Waals surface area contributed by atoms with Crippen LogP contribution in [-0.4, -0.2) is 29.8 Å². The Balaban J connectivity index is 1.74. The molecule has 4 nitrogen and oxygen atoms in total. The quantitative estimate of drug-likeness (QED) is 0.935. The summed E-state index contributed by atoms with van der Waals surface area (Å²) in [7, 11) is 0. The van der Waals surface area contributed by atoms with Crippen molar-refractivity contribution in [1.29, 1.82) is 0 Å². The average Bonchev–Trinajstić information content (AvgIpc) is 2.62. The van der Waals surface area contributed by atoms with E-state index in [0.29, 0.717) is 16.8 Å². The summed E-state index contributed by atoms with van der Waals surface area (Å²) in [6.07, 6.45) is 3.19. The van der Waals surface area contributed by atoms with Gasteiger partial charge in [0.25, 0.3) is 11.8 Å². The number of nitrogens with one attached hydrogen (secondary N) is 1. The fourth-order valence-electron chi connectivity index (χ4n) is 2.84. The molecule has 0 unspecified atom stereocenters. The number of rotatable bonds is 3. The average molecular weight is 326 g/mol. The van der Waals surface area contributed by atoms with E-state index in [4.69, 9.17) is 0 Å². The largest absolute Gasteiger partial charge is 0.339 e. The molecule has 2 aromatic carbocycles. The Bertz CT molecular complexity index is 755. The van der Waals surface area contributed by atoms with E-state index in [1.807, 2.05) is 4.90 Å². The number of benzene rings is 2. The third-order valence-corrected chi connectivity index (χ3v) is 4.10. The first-order chi connectivity index (χ1) is 11.6. The zero-order valence-corrected chi connectivity index (χ0v) is 13.3. The Morgan fingerprint density at radius 3 is 2.38 bits per heavy atom. The van der Waals surface area contributed by atoms with Gasteiger partial charge in [0.1, 0.15) is 5.82 Å². The normalized spacial score (nSPS) is 14.3. The Morgan fingerprint density at radius 1 is 0.917 bits per heavy atom. The molecule has 0 saturated carbocycles. The molecule has 5 heteroatoms. The second kappa shape index (κ2) is 7.25. The summed E-state index contributed by atoms with van der Waals surface area (Å²) in [6, 6.07) is 12.3. The lowest BCUT2D eigenvalue weighted by Gasteiger charge is -2.26. The summed E-state index contributed by atoms with van der Waals surface area (Å²) < 4.78 is 13.2. The number of hydrogen-bond donors (Lipinski definition) is 1. The van der Waals surface area contributed by atoms with Gasteiger partial charge in [0, 0.05) is 29.9 Å². The fourth-order valence-corrected chi connectivity index (χ4v) is 2.84. The van der Waals surface area contributed by atoms with Crippen molar-refractivity contribution in [2.75, 3.05) is 18.4 Å². The number of carbonyl (C=O) groups excluding carboxylic acids is 2. The first-order valence-electron chi connectivity index (χ1n) is 8.10. The molecule has 0 bridgehead atoms. The maximum atomic E-state index is 13.2. The number of hydrogen-bond acceptors (Lipinski definition) is 2. The monoisotopic (exact) mass is 326 g/mol. The van der Waals surface area contributed by atoms with Crippen LogP contribution in [0, 0.1) is 5.82 Å². The smallest absolute Gasteiger partial charge is 0.255 e. The summed E-state index contributed by atoms with van der Waals surface area (Å²) in [4.78, 5) is 26.7. The van der Waals surface area contributed by atoms with Crippen LogP contribution in [0.5, 0.6) is 0 Å². The van der Waals surface area contributed by atoms with Crippen molar-refractivity contribution in [3.05, 3.63) is 65.5 Å². The molecule has 1 saturated heterocycles. The minimum Gasteiger partial charge on any atom is -0.339 e. The third-order valence-electron chi connectivity index (χ3n) is 4.10. The lowest BCUT2D eigenvalue weighted by atomic mass is 10.1. The second-order valence-corrected chi connectivity index (χ2v) is 5.90. The Morgan fingerprint density at radius 2 is 1.62 bits per heavy atom. The molecule has 0 aromatic heterocycles. The number of likely N-dealkylation sites (tertiary alicyclic amines) is 1. The maximum absolute atomic E-state index is 13.2. The molecule has 1 aliphatic rings. The first-order valence-corrected chi connectivity index (χ1v) is 8.10. The van der Waals surface area contributed by atoms with Crippen LogP contribution < -0.4 is 5.32 Å². The van der Waals surface area contributed by atoms with Gasteiger partial charge in [-0.1, -0.05) is 12.1 Å². The second-order valence-electron chi connectivity index (χ2n) is 5.90. The van der Waals surface area contributed by atoms with Gasteiger partial charge in [0.2, 0.25) is 0 Å².